The van der Waals surface area contributed by atoms with Crippen molar-refractivity contribution in [1.29, 1.82) is 0 Å². The highest BCUT2D eigenvalue weighted by molar-refractivity contribution is 4.87. The van der Waals surface area contributed by atoms with E-state index in [0.717, 1.165) is 5.92 Å². The lowest BCUT2D eigenvalue weighted by Gasteiger charge is -2.31. The molecule has 0 fully saturated rings. The van der Waals surface area contributed by atoms with Crippen LogP contribution in [0.2, 0.25) is 0 Å². The Morgan fingerprint density at radius 3 is 1.64 bits per heavy atom. The van der Waals surface area contributed by atoms with Gasteiger partial charge in [-0.05, 0) is 35.5 Å². The van der Waals surface area contributed by atoms with Crippen molar-refractivity contribution in [3.8, 4) is 0 Å². The van der Waals surface area contributed by atoms with Crippen LogP contribution in [0.5, 0.6) is 0 Å². The minimum absolute atomic E-state index is 0.409. The molecule has 0 spiro atoms. The van der Waals surface area contributed by atoms with E-state index in [2.05, 4.69) is 61.8 Å². The van der Waals surface area contributed by atoms with Gasteiger partial charge in [0.2, 0.25) is 0 Å². The van der Waals surface area contributed by atoms with Gasteiger partial charge in [-0.1, -0.05) is 55.4 Å². The van der Waals surface area contributed by atoms with Gasteiger partial charge in [-0.3, -0.25) is 0 Å². The predicted octanol–water partition coefficient (Wildman–Crippen LogP) is 4.95. The molecule has 0 aromatic carbocycles. The Kier molecular flexibility index (Phi) is 4.68. The second kappa shape index (κ2) is 4.68. The summed E-state index contributed by atoms with van der Waals surface area (Å²) in [4.78, 5) is 0. The van der Waals surface area contributed by atoms with Crippen LogP contribution in [0.25, 0.3) is 0 Å². The average Bonchev–Trinajstić information content (AvgIpc) is 1.79. The van der Waals surface area contributed by atoms with Gasteiger partial charge in [0.05, 0.1) is 0 Å². The van der Waals surface area contributed by atoms with Gasteiger partial charge in [0.15, 0.2) is 0 Å². The zero-order chi connectivity index (χ0) is 11.6. The summed E-state index contributed by atoms with van der Waals surface area (Å²) in [5.74, 6) is 1.42. The van der Waals surface area contributed by atoms with Gasteiger partial charge in [-0.2, -0.15) is 0 Å². The first-order valence-corrected chi connectivity index (χ1v) is 5.87. The largest absolute Gasteiger partial charge is 0.0622 e. The van der Waals surface area contributed by atoms with Crippen molar-refractivity contribution in [3.63, 3.8) is 0 Å². The van der Waals surface area contributed by atoms with E-state index in [4.69, 9.17) is 0 Å². The summed E-state index contributed by atoms with van der Waals surface area (Å²) < 4.78 is 0. The normalized spacial score (nSPS) is 18.0. The molecule has 0 aromatic heterocycles. The van der Waals surface area contributed by atoms with E-state index in [-0.39, 0.29) is 0 Å². The van der Waals surface area contributed by atoms with E-state index in [1.54, 1.807) is 0 Å². The highest BCUT2D eigenvalue weighted by atomic mass is 14.3. The zero-order valence-electron chi connectivity index (χ0n) is 11.4. The summed E-state index contributed by atoms with van der Waals surface area (Å²) in [5.41, 5.74) is 0.861. The molecule has 0 aliphatic rings. The molecule has 14 heavy (non-hydrogen) atoms. The molecule has 0 aliphatic heterocycles. The molecule has 2 unspecified atom stereocenters. The van der Waals surface area contributed by atoms with Gasteiger partial charge in [0.25, 0.3) is 0 Å². The smallest absolute Gasteiger partial charge is 0.0324 e. The fourth-order valence-electron chi connectivity index (χ4n) is 1.82. The quantitative estimate of drug-likeness (QED) is 0.601. The Labute approximate surface area is 91.5 Å². The van der Waals surface area contributed by atoms with E-state index >= 15 is 0 Å². The Morgan fingerprint density at radius 1 is 0.929 bits per heavy atom. The summed E-state index contributed by atoms with van der Waals surface area (Å²) in [6, 6.07) is 0. The molecular weight excluding hydrogens is 168 g/mol. The third kappa shape index (κ3) is 6.45. The first kappa shape index (κ1) is 14.0. The molecule has 0 saturated heterocycles. The lowest BCUT2D eigenvalue weighted by molar-refractivity contribution is 0.251. The molecule has 0 amide bonds. The molecule has 0 heteroatoms. The van der Waals surface area contributed by atoms with E-state index in [1.165, 1.54) is 6.42 Å². The van der Waals surface area contributed by atoms with Crippen molar-refractivity contribution in [2.45, 2.75) is 61.8 Å². The first-order chi connectivity index (χ1) is 6.02. The fraction of sp³-hybridized carbons (Fsp3) is 0.929. The monoisotopic (exact) mass is 197 g/mol. The SMILES string of the molecule is CC([CH]C(C)C(C)(C)C)CC(C)(C)C. The first-order valence-electron chi connectivity index (χ1n) is 5.87. The van der Waals surface area contributed by atoms with Crippen LogP contribution in [-0.4, -0.2) is 0 Å². The summed E-state index contributed by atoms with van der Waals surface area (Å²) in [6.45, 7) is 18.6. The van der Waals surface area contributed by atoms with E-state index in [1.807, 2.05) is 0 Å². The summed E-state index contributed by atoms with van der Waals surface area (Å²) in [6.07, 6.45) is 3.80. The van der Waals surface area contributed by atoms with E-state index in [0.29, 0.717) is 16.7 Å². The topological polar surface area (TPSA) is 0 Å². The standard InChI is InChI=1S/C14H29/c1-11(10-13(3,4)5)9-12(2)14(6,7)8/h9,11-12H,10H2,1-8H3. The summed E-state index contributed by atoms with van der Waals surface area (Å²) in [5, 5.41) is 0. The number of rotatable bonds is 3. The molecule has 1 radical (unpaired) electrons. The number of hydrogen-bond acceptors (Lipinski definition) is 0. The van der Waals surface area contributed by atoms with Gasteiger partial charge in [-0.15, -0.1) is 0 Å². The molecule has 0 heterocycles. The molecule has 0 aromatic rings. The van der Waals surface area contributed by atoms with Crippen LogP contribution >= 0.6 is 0 Å². The summed E-state index contributed by atoms with van der Waals surface area (Å²) >= 11 is 0. The molecule has 2 atom stereocenters. The maximum absolute atomic E-state index is 2.52. The summed E-state index contributed by atoms with van der Waals surface area (Å²) in [7, 11) is 0. The van der Waals surface area contributed by atoms with Crippen LogP contribution in [0.3, 0.4) is 0 Å². The van der Waals surface area contributed by atoms with Crippen LogP contribution < -0.4 is 0 Å². The molecule has 0 N–H and O–H groups in total. The lowest BCUT2D eigenvalue weighted by atomic mass is 9.74. The Balaban J connectivity index is 4.01. The highest BCUT2D eigenvalue weighted by Gasteiger charge is 2.24. The lowest BCUT2D eigenvalue weighted by Crippen LogP contribution is -2.22. The molecular formula is C14H29. The van der Waals surface area contributed by atoms with Crippen molar-refractivity contribution >= 4 is 0 Å². The van der Waals surface area contributed by atoms with E-state index in [9.17, 15) is 0 Å². The van der Waals surface area contributed by atoms with Crippen LogP contribution in [0.4, 0.5) is 0 Å². The van der Waals surface area contributed by atoms with Gasteiger partial charge >= 0.3 is 0 Å². The van der Waals surface area contributed by atoms with Crippen LogP contribution in [-0.2, 0) is 0 Å². The van der Waals surface area contributed by atoms with Crippen molar-refractivity contribution in [2.24, 2.45) is 22.7 Å². The van der Waals surface area contributed by atoms with Gasteiger partial charge in [-0.25, -0.2) is 0 Å². The third-order valence-electron chi connectivity index (χ3n) is 2.92. The minimum Gasteiger partial charge on any atom is -0.0622 e. The highest BCUT2D eigenvalue weighted by Crippen LogP contribution is 2.33. The van der Waals surface area contributed by atoms with Crippen LogP contribution in [0.1, 0.15) is 61.8 Å². The number of hydrogen-bond donors (Lipinski definition) is 0. The molecule has 85 valence electrons. The second-order valence-corrected chi connectivity index (χ2v) is 7.09. The van der Waals surface area contributed by atoms with Crippen LogP contribution in [0.15, 0.2) is 0 Å². The Bertz CT molecular complexity index is 154. The zero-order valence-corrected chi connectivity index (χ0v) is 11.4. The van der Waals surface area contributed by atoms with Crippen molar-refractivity contribution in [2.75, 3.05) is 0 Å². The van der Waals surface area contributed by atoms with Crippen molar-refractivity contribution < 1.29 is 0 Å². The molecule has 0 saturated carbocycles. The molecule has 0 nitrogen and oxygen atoms in total. The predicted molar refractivity (Wildman–Crippen MR) is 66.2 cm³/mol. The molecule has 0 rings (SSSR count). The molecule has 0 aliphatic carbocycles. The Morgan fingerprint density at radius 2 is 1.36 bits per heavy atom. The van der Waals surface area contributed by atoms with Gasteiger partial charge in [0, 0.05) is 0 Å². The fourth-order valence-corrected chi connectivity index (χ4v) is 1.82. The van der Waals surface area contributed by atoms with Gasteiger partial charge < -0.3 is 0 Å². The minimum atomic E-state index is 0.409. The van der Waals surface area contributed by atoms with Crippen LogP contribution in [0, 0.1) is 29.1 Å². The second-order valence-electron chi connectivity index (χ2n) is 7.09. The average molecular weight is 197 g/mol. The van der Waals surface area contributed by atoms with E-state index < -0.39 is 0 Å². The molecule has 0 bridgehead atoms. The maximum Gasteiger partial charge on any atom is -0.0324 e. The van der Waals surface area contributed by atoms with Crippen molar-refractivity contribution in [3.05, 3.63) is 6.42 Å². The Hall–Kier alpha value is 0. The maximum atomic E-state index is 2.52. The van der Waals surface area contributed by atoms with Crippen molar-refractivity contribution in [1.82, 2.24) is 0 Å². The third-order valence-corrected chi connectivity index (χ3v) is 2.92. The van der Waals surface area contributed by atoms with Gasteiger partial charge in [0.1, 0.15) is 0 Å².